The van der Waals surface area contributed by atoms with Gasteiger partial charge in [0.25, 0.3) is 0 Å². The number of aromatic amines is 1. The molecule has 96 valence electrons. The second-order valence-corrected chi connectivity index (χ2v) is 4.49. The Morgan fingerprint density at radius 1 is 1.44 bits per heavy atom. The first-order chi connectivity index (χ1) is 8.74. The van der Waals surface area contributed by atoms with Crippen molar-refractivity contribution in [2.75, 3.05) is 11.9 Å². The Morgan fingerprint density at radius 2 is 2.28 bits per heavy atom. The van der Waals surface area contributed by atoms with Gasteiger partial charge < -0.3 is 16.0 Å². The van der Waals surface area contributed by atoms with Crippen LogP contribution >= 0.6 is 0 Å². The van der Waals surface area contributed by atoms with Crippen LogP contribution in [0.25, 0.3) is 10.9 Å². The maximum atomic E-state index is 12.0. The summed E-state index contributed by atoms with van der Waals surface area (Å²) in [6.07, 6.45) is 3.68. The van der Waals surface area contributed by atoms with Crippen molar-refractivity contribution in [2.24, 2.45) is 11.7 Å². The highest BCUT2D eigenvalue weighted by molar-refractivity contribution is 5.95. The van der Waals surface area contributed by atoms with Gasteiger partial charge in [-0.15, -0.1) is 0 Å². The fourth-order valence-corrected chi connectivity index (χ4v) is 2.08. The van der Waals surface area contributed by atoms with E-state index < -0.39 is 0 Å². The maximum Gasteiger partial charge on any atom is 0.228 e. The van der Waals surface area contributed by atoms with Crippen molar-refractivity contribution in [3.63, 3.8) is 0 Å². The van der Waals surface area contributed by atoms with E-state index in [4.69, 9.17) is 5.73 Å². The van der Waals surface area contributed by atoms with E-state index in [-0.39, 0.29) is 11.8 Å². The second kappa shape index (κ2) is 5.69. The molecule has 0 radical (unpaired) electrons. The normalized spacial score (nSPS) is 12.6. The van der Waals surface area contributed by atoms with Gasteiger partial charge in [-0.3, -0.25) is 4.79 Å². The molecule has 1 aromatic heterocycles. The predicted molar refractivity (Wildman–Crippen MR) is 74.4 cm³/mol. The molecule has 2 rings (SSSR count). The molecule has 1 aromatic carbocycles. The second-order valence-electron chi connectivity index (χ2n) is 4.49. The Morgan fingerprint density at radius 3 is 3.00 bits per heavy atom. The lowest BCUT2D eigenvalue weighted by molar-refractivity contribution is -0.119. The summed E-state index contributed by atoms with van der Waals surface area (Å²) >= 11 is 0. The van der Waals surface area contributed by atoms with Crippen molar-refractivity contribution in [2.45, 2.75) is 19.8 Å². The van der Waals surface area contributed by atoms with Crippen molar-refractivity contribution < 1.29 is 4.79 Å². The number of anilines is 1. The number of rotatable bonds is 5. The quantitative estimate of drug-likeness (QED) is 0.757. The van der Waals surface area contributed by atoms with Crippen LogP contribution in [0.1, 0.15) is 19.8 Å². The molecule has 4 heteroatoms. The molecule has 1 atom stereocenters. The number of amides is 1. The summed E-state index contributed by atoms with van der Waals surface area (Å²) < 4.78 is 0. The van der Waals surface area contributed by atoms with E-state index in [0.29, 0.717) is 6.54 Å². The molecule has 0 fully saturated rings. The van der Waals surface area contributed by atoms with Crippen molar-refractivity contribution in [1.29, 1.82) is 0 Å². The molecule has 0 aliphatic heterocycles. The monoisotopic (exact) mass is 245 g/mol. The maximum absolute atomic E-state index is 12.0. The highest BCUT2D eigenvalue weighted by atomic mass is 16.1. The summed E-state index contributed by atoms with van der Waals surface area (Å²) in [5, 5.41) is 4.02. The standard InChI is InChI=1S/C14H19N3O/c1-2-3-11(9-15)14(18)17-12-4-5-13-10(8-12)6-7-16-13/h4-8,11,16H,2-3,9,15H2,1H3,(H,17,18). The molecule has 0 saturated carbocycles. The van der Waals surface area contributed by atoms with Crippen LogP contribution in [0.3, 0.4) is 0 Å². The van der Waals surface area contributed by atoms with Crippen molar-refractivity contribution in [1.82, 2.24) is 4.98 Å². The fourth-order valence-electron chi connectivity index (χ4n) is 2.08. The Hall–Kier alpha value is -1.81. The minimum absolute atomic E-state index is 0.00855. The SMILES string of the molecule is CCCC(CN)C(=O)Nc1ccc2[nH]ccc2c1. The summed E-state index contributed by atoms with van der Waals surface area (Å²) in [7, 11) is 0. The van der Waals surface area contributed by atoms with Crippen LogP contribution in [0.2, 0.25) is 0 Å². The summed E-state index contributed by atoms with van der Waals surface area (Å²) in [4.78, 5) is 15.1. The van der Waals surface area contributed by atoms with E-state index in [1.165, 1.54) is 0 Å². The predicted octanol–water partition coefficient (Wildman–Crippen LogP) is 2.48. The van der Waals surface area contributed by atoms with Crippen LogP contribution in [-0.4, -0.2) is 17.4 Å². The molecule has 1 heterocycles. The van der Waals surface area contributed by atoms with Gasteiger partial charge in [0.15, 0.2) is 0 Å². The number of hydrogen-bond donors (Lipinski definition) is 3. The van der Waals surface area contributed by atoms with Crippen LogP contribution in [0.4, 0.5) is 5.69 Å². The smallest absolute Gasteiger partial charge is 0.228 e. The van der Waals surface area contributed by atoms with Gasteiger partial charge in [0.2, 0.25) is 5.91 Å². The number of H-pyrrole nitrogens is 1. The van der Waals surface area contributed by atoms with Gasteiger partial charge in [-0.2, -0.15) is 0 Å². The molecule has 2 aromatic rings. The topological polar surface area (TPSA) is 70.9 Å². The van der Waals surface area contributed by atoms with Crippen LogP contribution in [0.15, 0.2) is 30.5 Å². The van der Waals surface area contributed by atoms with Gasteiger partial charge in [0.05, 0.1) is 5.92 Å². The molecule has 18 heavy (non-hydrogen) atoms. The van der Waals surface area contributed by atoms with Crippen molar-refractivity contribution in [3.05, 3.63) is 30.5 Å². The van der Waals surface area contributed by atoms with Gasteiger partial charge in [-0.1, -0.05) is 13.3 Å². The van der Waals surface area contributed by atoms with Crippen molar-refractivity contribution in [3.8, 4) is 0 Å². The third-order valence-corrected chi connectivity index (χ3v) is 3.11. The molecule has 1 unspecified atom stereocenters. The Labute approximate surface area is 107 Å². The summed E-state index contributed by atoms with van der Waals surface area (Å²) in [5.74, 6) is -0.0915. The highest BCUT2D eigenvalue weighted by Crippen LogP contribution is 2.18. The Bertz CT molecular complexity index is 533. The van der Waals surface area contributed by atoms with Crippen LogP contribution in [0, 0.1) is 5.92 Å². The summed E-state index contributed by atoms with van der Waals surface area (Å²) in [6, 6.07) is 7.80. The minimum Gasteiger partial charge on any atom is -0.361 e. The molecule has 0 bridgehead atoms. The van der Waals surface area contributed by atoms with Gasteiger partial charge in [0, 0.05) is 29.3 Å². The highest BCUT2D eigenvalue weighted by Gasteiger charge is 2.15. The van der Waals surface area contributed by atoms with E-state index in [1.807, 2.05) is 30.5 Å². The summed E-state index contributed by atoms with van der Waals surface area (Å²) in [6.45, 7) is 2.45. The molecule has 0 spiro atoms. The third kappa shape index (κ3) is 2.71. The average molecular weight is 245 g/mol. The lowest BCUT2D eigenvalue weighted by atomic mass is 10.0. The number of hydrogen-bond acceptors (Lipinski definition) is 2. The molecular formula is C14H19N3O. The van der Waals surface area contributed by atoms with Crippen LogP contribution in [-0.2, 0) is 4.79 Å². The van der Waals surface area contributed by atoms with Gasteiger partial charge in [0.1, 0.15) is 0 Å². The average Bonchev–Trinajstić information content (AvgIpc) is 2.83. The largest absolute Gasteiger partial charge is 0.361 e. The van der Waals surface area contributed by atoms with E-state index >= 15 is 0 Å². The fraction of sp³-hybridized carbons (Fsp3) is 0.357. The molecule has 0 aliphatic carbocycles. The zero-order valence-electron chi connectivity index (χ0n) is 10.6. The van der Waals surface area contributed by atoms with E-state index in [9.17, 15) is 4.79 Å². The number of carbonyl (C=O) groups excluding carboxylic acids is 1. The van der Waals surface area contributed by atoms with E-state index in [2.05, 4.69) is 17.2 Å². The molecule has 4 nitrogen and oxygen atoms in total. The lowest BCUT2D eigenvalue weighted by Gasteiger charge is -2.13. The molecule has 0 saturated heterocycles. The molecule has 1 amide bonds. The first-order valence-electron chi connectivity index (χ1n) is 6.32. The van der Waals surface area contributed by atoms with Crippen molar-refractivity contribution >= 4 is 22.5 Å². The molecule has 0 aliphatic rings. The zero-order valence-corrected chi connectivity index (χ0v) is 10.6. The number of nitrogens with two attached hydrogens (primary N) is 1. The number of carbonyl (C=O) groups is 1. The van der Waals surface area contributed by atoms with Gasteiger partial charge >= 0.3 is 0 Å². The van der Waals surface area contributed by atoms with E-state index in [1.54, 1.807) is 0 Å². The number of nitrogens with one attached hydrogen (secondary N) is 2. The number of aromatic nitrogens is 1. The van der Waals surface area contributed by atoms with Crippen LogP contribution in [0.5, 0.6) is 0 Å². The Balaban J connectivity index is 2.09. The van der Waals surface area contributed by atoms with Gasteiger partial charge in [-0.25, -0.2) is 0 Å². The van der Waals surface area contributed by atoms with E-state index in [0.717, 1.165) is 29.4 Å². The first kappa shape index (κ1) is 12.6. The summed E-state index contributed by atoms with van der Waals surface area (Å²) in [5.41, 5.74) is 7.51. The van der Waals surface area contributed by atoms with Gasteiger partial charge in [-0.05, 0) is 30.7 Å². The number of fused-ring (bicyclic) bond motifs is 1. The minimum atomic E-state index is -0.100. The number of benzene rings is 1. The molecular weight excluding hydrogens is 226 g/mol. The zero-order chi connectivity index (χ0) is 13.0. The first-order valence-corrected chi connectivity index (χ1v) is 6.32. The Kier molecular flexibility index (Phi) is 3.99. The molecule has 4 N–H and O–H groups in total. The lowest BCUT2D eigenvalue weighted by Crippen LogP contribution is -2.29. The van der Waals surface area contributed by atoms with Crippen LogP contribution < -0.4 is 11.1 Å². The third-order valence-electron chi connectivity index (χ3n) is 3.11.